The Morgan fingerprint density at radius 2 is 2.12 bits per heavy atom. The SMILES string of the molecule is COC(=O)[C@H](Cc1c[nH]c2ccccc12)NC(=O)/C=C/c1ccco1. The number of H-pyrrole nitrogens is 1. The molecule has 0 saturated heterocycles. The molecule has 3 rings (SSSR count). The topological polar surface area (TPSA) is 84.3 Å². The summed E-state index contributed by atoms with van der Waals surface area (Å²) in [5.74, 6) is -0.335. The van der Waals surface area contributed by atoms with Crippen LogP contribution in [0.15, 0.2) is 59.4 Å². The third-order valence-corrected chi connectivity index (χ3v) is 3.84. The van der Waals surface area contributed by atoms with Crippen LogP contribution >= 0.6 is 0 Å². The Balaban J connectivity index is 1.73. The molecule has 0 fully saturated rings. The fourth-order valence-corrected chi connectivity index (χ4v) is 2.62. The van der Waals surface area contributed by atoms with Crippen LogP contribution in [0.2, 0.25) is 0 Å². The van der Waals surface area contributed by atoms with Crippen molar-refractivity contribution in [2.24, 2.45) is 0 Å². The number of ether oxygens (including phenoxy) is 1. The van der Waals surface area contributed by atoms with E-state index in [-0.39, 0.29) is 0 Å². The standard InChI is InChI=1S/C19H18N2O4/c1-24-19(23)17(21-18(22)9-8-14-5-4-10-25-14)11-13-12-20-16-7-3-2-6-15(13)16/h2-10,12,17,20H,11H2,1H3,(H,21,22)/b9-8+/t17-/m0/s1. The number of methoxy groups -OCH3 is 1. The van der Waals surface area contributed by atoms with E-state index in [1.54, 1.807) is 12.1 Å². The molecule has 25 heavy (non-hydrogen) atoms. The minimum absolute atomic E-state index is 0.330. The van der Waals surface area contributed by atoms with Gasteiger partial charge in [-0.1, -0.05) is 18.2 Å². The van der Waals surface area contributed by atoms with Gasteiger partial charge in [0.05, 0.1) is 13.4 Å². The van der Waals surface area contributed by atoms with E-state index in [4.69, 9.17) is 9.15 Å². The van der Waals surface area contributed by atoms with Crippen molar-refractivity contribution >= 4 is 28.9 Å². The monoisotopic (exact) mass is 338 g/mol. The van der Waals surface area contributed by atoms with Crippen LogP contribution in [0.5, 0.6) is 0 Å². The molecule has 1 aromatic carbocycles. The lowest BCUT2D eigenvalue weighted by molar-refractivity contribution is -0.144. The van der Waals surface area contributed by atoms with Gasteiger partial charge in [-0.2, -0.15) is 0 Å². The van der Waals surface area contributed by atoms with Crippen molar-refractivity contribution < 1.29 is 18.7 Å². The van der Waals surface area contributed by atoms with Crippen molar-refractivity contribution in [1.82, 2.24) is 10.3 Å². The smallest absolute Gasteiger partial charge is 0.328 e. The van der Waals surface area contributed by atoms with Gasteiger partial charge in [0.1, 0.15) is 11.8 Å². The summed E-state index contributed by atoms with van der Waals surface area (Å²) >= 11 is 0. The van der Waals surface area contributed by atoms with Gasteiger partial charge in [-0.3, -0.25) is 4.79 Å². The lowest BCUT2D eigenvalue weighted by Gasteiger charge is -2.15. The second-order valence-electron chi connectivity index (χ2n) is 5.50. The summed E-state index contributed by atoms with van der Waals surface area (Å²) in [6, 6.07) is 10.5. The Morgan fingerprint density at radius 3 is 2.88 bits per heavy atom. The number of nitrogens with one attached hydrogen (secondary N) is 2. The van der Waals surface area contributed by atoms with Crippen LogP contribution in [0.3, 0.4) is 0 Å². The Bertz CT molecular complexity index is 893. The van der Waals surface area contributed by atoms with Gasteiger partial charge in [-0.15, -0.1) is 0 Å². The van der Waals surface area contributed by atoms with Crippen molar-refractivity contribution in [3.8, 4) is 0 Å². The molecule has 0 saturated carbocycles. The molecule has 0 bridgehead atoms. The molecule has 0 spiro atoms. The number of benzene rings is 1. The number of hydrogen-bond donors (Lipinski definition) is 2. The molecule has 0 aliphatic carbocycles. The summed E-state index contributed by atoms with van der Waals surface area (Å²) in [6.07, 6.45) is 6.55. The molecule has 0 aliphatic rings. The van der Waals surface area contributed by atoms with E-state index in [0.29, 0.717) is 12.2 Å². The summed E-state index contributed by atoms with van der Waals surface area (Å²) in [5, 5.41) is 3.69. The second kappa shape index (κ2) is 7.53. The molecule has 3 aromatic rings. The number of carbonyl (C=O) groups is 2. The van der Waals surface area contributed by atoms with Gasteiger partial charge in [-0.25, -0.2) is 4.79 Å². The highest BCUT2D eigenvalue weighted by molar-refractivity contribution is 5.94. The van der Waals surface area contributed by atoms with Gasteiger partial charge in [0.25, 0.3) is 0 Å². The Hall–Kier alpha value is -3.28. The number of furan rings is 1. The molecular weight excluding hydrogens is 320 g/mol. The van der Waals surface area contributed by atoms with E-state index in [1.807, 2.05) is 30.5 Å². The van der Waals surface area contributed by atoms with Crippen molar-refractivity contribution in [1.29, 1.82) is 0 Å². The van der Waals surface area contributed by atoms with E-state index < -0.39 is 17.9 Å². The summed E-state index contributed by atoms with van der Waals surface area (Å²) in [7, 11) is 1.30. The number of rotatable bonds is 6. The lowest BCUT2D eigenvalue weighted by atomic mass is 10.0. The number of aromatic nitrogens is 1. The number of aromatic amines is 1. The third-order valence-electron chi connectivity index (χ3n) is 3.84. The number of para-hydroxylation sites is 1. The molecule has 6 heteroatoms. The van der Waals surface area contributed by atoms with Crippen molar-refractivity contribution in [2.75, 3.05) is 7.11 Å². The zero-order valence-electron chi connectivity index (χ0n) is 13.7. The van der Waals surface area contributed by atoms with Crippen molar-refractivity contribution in [3.63, 3.8) is 0 Å². The molecule has 0 aliphatic heterocycles. The molecule has 128 valence electrons. The van der Waals surface area contributed by atoms with Crippen LogP contribution in [0, 0.1) is 0 Å². The lowest BCUT2D eigenvalue weighted by Crippen LogP contribution is -2.42. The van der Waals surface area contributed by atoms with Gasteiger partial charge >= 0.3 is 5.97 Å². The van der Waals surface area contributed by atoms with Gasteiger partial charge < -0.3 is 19.5 Å². The van der Waals surface area contributed by atoms with Crippen LogP contribution in [0.4, 0.5) is 0 Å². The van der Waals surface area contributed by atoms with Gasteiger partial charge in [0.15, 0.2) is 0 Å². The molecule has 6 nitrogen and oxygen atoms in total. The highest BCUT2D eigenvalue weighted by Gasteiger charge is 2.22. The maximum atomic E-state index is 12.1. The molecule has 2 aromatic heterocycles. The van der Waals surface area contributed by atoms with Crippen molar-refractivity contribution in [2.45, 2.75) is 12.5 Å². The number of fused-ring (bicyclic) bond motifs is 1. The molecule has 2 N–H and O–H groups in total. The molecule has 1 amide bonds. The summed E-state index contributed by atoms with van der Waals surface area (Å²) in [4.78, 5) is 27.3. The Kier molecular flexibility index (Phi) is 4.99. The molecule has 1 atom stereocenters. The van der Waals surface area contributed by atoms with Crippen LogP contribution in [0.1, 0.15) is 11.3 Å². The number of amides is 1. The first-order chi connectivity index (χ1) is 12.2. The van der Waals surface area contributed by atoms with Gasteiger partial charge in [0, 0.05) is 29.6 Å². The van der Waals surface area contributed by atoms with E-state index in [1.165, 1.54) is 25.5 Å². The average Bonchev–Trinajstić information content (AvgIpc) is 3.29. The fourth-order valence-electron chi connectivity index (χ4n) is 2.62. The predicted octanol–water partition coefficient (Wildman–Crippen LogP) is 2.67. The number of carbonyl (C=O) groups excluding carboxylic acids is 2. The first-order valence-corrected chi connectivity index (χ1v) is 7.82. The third kappa shape index (κ3) is 3.98. The van der Waals surface area contributed by atoms with E-state index in [9.17, 15) is 9.59 Å². The van der Waals surface area contributed by atoms with E-state index in [0.717, 1.165) is 16.5 Å². The maximum absolute atomic E-state index is 12.1. The van der Waals surface area contributed by atoms with Crippen LogP contribution in [0.25, 0.3) is 17.0 Å². The minimum atomic E-state index is -0.780. The van der Waals surface area contributed by atoms with Crippen LogP contribution in [-0.4, -0.2) is 30.0 Å². The Labute approximate surface area is 144 Å². The minimum Gasteiger partial charge on any atom is -0.467 e. The number of hydrogen-bond acceptors (Lipinski definition) is 4. The fraction of sp³-hybridized carbons (Fsp3) is 0.158. The number of esters is 1. The quantitative estimate of drug-likeness (QED) is 0.534. The summed E-state index contributed by atoms with van der Waals surface area (Å²) in [6.45, 7) is 0. The summed E-state index contributed by atoms with van der Waals surface area (Å²) < 4.78 is 9.95. The maximum Gasteiger partial charge on any atom is 0.328 e. The average molecular weight is 338 g/mol. The second-order valence-corrected chi connectivity index (χ2v) is 5.50. The zero-order valence-corrected chi connectivity index (χ0v) is 13.7. The normalized spacial score (nSPS) is 12.4. The molecular formula is C19H18N2O4. The van der Waals surface area contributed by atoms with Crippen LogP contribution < -0.4 is 5.32 Å². The zero-order chi connectivity index (χ0) is 17.6. The van der Waals surface area contributed by atoms with Crippen LogP contribution in [-0.2, 0) is 20.7 Å². The highest BCUT2D eigenvalue weighted by atomic mass is 16.5. The molecule has 0 unspecified atom stereocenters. The summed E-state index contributed by atoms with van der Waals surface area (Å²) in [5.41, 5.74) is 1.91. The van der Waals surface area contributed by atoms with Gasteiger partial charge in [-0.05, 0) is 29.8 Å². The highest BCUT2D eigenvalue weighted by Crippen LogP contribution is 2.19. The van der Waals surface area contributed by atoms with Crippen molar-refractivity contribution in [3.05, 3.63) is 66.3 Å². The largest absolute Gasteiger partial charge is 0.467 e. The first kappa shape index (κ1) is 16.6. The van der Waals surface area contributed by atoms with E-state index >= 15 is 0 Å². The van der Waals surface area contributed by atoms with Gasteiger partial charge in [0.2, 0.25) is 5.91 Å². The first-order valence-electron chi connectivity index (χ1n) is 7.82. The predicted molar refractivity (Wildman–Crippen MR) is 93.7 cm³/mol. The van der Waals surface area contributed by atoms with E-state index in [2.05, 4.69) is 10.3 Å². The Morgan fingerprint density at radius 1 is 1.28 bits per heavy atom. The molecule has 0 radical (unpaired) electrons. The molecule has 2 heterocycles.